The maximum Gasteiger partial charge on any atom is 0.511 e. The van der Waals surface area contributed by atoms with Crippen LogP contribution in [0.25, 0.3) is 0 Å². The van der Waals surface area contributed by atoms with Crippen LogP contribution in [0.15, 0.2) is 35.4 Å². The fourth-order valence-corrected chi connectivity index (χ4v) is 2.72. The number of aromatic hydroxyl groups is 1. The van der Waals surface area contributed by atoms with Crippen LogP contribution in [0, 0.1) is 0 Å². The van der Waals surface area contributed by atoms with Crippen molar-refractivity contribution in [3.63, 3.8) is 0 Å². The van der Waals surface area contributed by atoms with Crippen molar-refractivity contribution in [2.24, 2.45) is 0 Å². The number of benzene rings is 1. The first-order valence-corrected chi connectivity index (χ1v) is 9.93. The topological polar surface area (TPSA) is 65.0 Å². The largest absolute Gasteiger partial charge is 0.511 e. The summed E-state index contributed by atoms with van der Waals surface area (Å²) in [5.74, 6) is 0.728. The molecule has 5 nitrogen and oxygen atoms in total. The number of carbonyl (C=O) groups excluding carboxylic acids is 1. The van der Waals surface area contributed by atoms with E-state index in [0.717, 1.165) is 31.2 Å². The van der Waals surface area contributed by atoms with Crippen LogP contribution in [0.1, 0.15) is 65.0 Å². The molecule has 0 bridgehead atoms. The van der Waals surface area contributed by atoms with Gasteiger partial charge in [0.05, 0.1) is 6.61 Å². The van der Waals surface area contributed by atoms with Gasteiger partial charge in [-0.1, -0.05) is 36.6 Å². The van der Waals surface area contributed by atoms with E-state index in [1.165, 1.54) is 11.1 Å². The molecule has 28 heavy (non-hydrogen) atoms. The summed E-state index contributed by atoms with van der Waals surface area (Å²) in [6.45, 7) is 10.0. The zero-order valence-electron chi connectivity index (χ0n) is 17.8. The molecule has 0 aliphatic carbocycles. The number of hydrogen-bond donors (Lipinski definition) is 1. The Morgan fingerprint density at radius 1 is 1.11 bits per heavy atom. The van der Waals surface area contributed by atoms with Gasteiger partial charge in [0.15, 0.2) is 0 Å². The Kier molecular flexibility index (Phi) is 10.8. The molecule has 1 N–H and O–H groups in total. The number of allylic oxidation sites excluding steroid dienone is 4. The van der Waals surface area contributed by atoms with Crippen LogP contribution in [-0.2, 0) is 22.3 Å². The van der Waals surface area contributed by atoms with Crippen molar-refractivity contribution in [2.75, 3.05) is 13.4 Å². The van der Waals surface area contributed by atoms with Crippen LogP contribution in [0.4, 0.5) is 4.79 Å². The highest BCUT2D eigenvalue weighted by Crippen LogP contribution is 2.32. The molecular weight excluding hydrogens is 356 g/mol. The highest BCUT2D eigenvalue weighted by atomic mass is 16.8. The maximum absolute atomic E-state index is 11.3. The van der Waals surface area contributed by atoms with Crippen LogP contribution in [0.3, 0.4) is 0 Å². The predicted molar refractivity (Wildman–Crippen MR) is 112 cm³/mol. The summed E-state index contributed by atoms with van der Waals surface area (Å²) in [6, 6.07) is 3.68. The number of hydrogen-bond acceptors (Lipinski definition) is 5. The van der Waals surface area contributed by atoms with E-state index in [9.17, 15) is 9.90 Å². The quantitative estimate of drug-likeness (QED) is 0.281. The number of phenols is 1. The van der Waals surface area contributed by atoms with Crippen molar-refractivity contribution in [3.8, 4) is 11.5 Å². The second-order valence-corrected chi connectivity index (χ2v) is 7.01. The molecule has 0 heterocycles. The summed E-state index contributed by atoms with van der Waals surface area (Å²) in [5, 5.41) is 10.5. The molecule has 0 spiro atoms. The first-order chi connectivity index (χ1) is 13.4. The SMILES string of the molecule is CCCc1cc(O)c(C/C=C(\C)CCC=C(C)C)c(OCOC(=O)OCC)c1. The summed E-state index contributed by atoms with van der Waals surface area (Å²) in [6.07, 6.45) is 7.87. The van der Waals surface area contributed by atoms with Crippen LogP contribution >= 0.6 is 0 Å². The van der Waals surface area contributed by atoms with E-state index < -0.39 is 6.16 Å². The van der Waals surface area contributed by atoms with Crippen LogP contribution in [0.2, 0.25) is 0 Å². The molecule has 0 saturated carbocycles. The van der Waals surface area contributed by atoms with Gasteiger partial charge in [0, 0.05) is 5.56 Å². The lowest BCUT2D eigenvalue weighted by Gasteiger charge is -2.14. The molecule has 0 atom stereocenters. The van der Waals surface area contributed by atoms with Gasteiger partial charge in [-0.3, -0.25) is 0 Å². The molecule has 0 aliphatic heterocycles. The lowest BCUT2D eigenvalue weighted by molar-refractivity contribution is 0.00652. The zero-order chi connectivity index (χ0) is 20.9. The lowest BCUT2D eigenvalue weighted by Crippen LogP contribution is -2.12. The van der Waals surface area contributed by atoms with Crippen molar-refractivity contribution in [1.29, 1.82) is 0 Å². The first kappa shape index (κ1) is 23.6. The summed E-state index contributed by atoms with van der Waals surface area (Å²) in [7, 11) is 0. The van der Waals surface area contributed by atoms with Crippen LogP contribution in [0.5, 0.6) is 11.5 Å². The summed E-state index contributed by atoms with van der Waals surface area (Å²) in [5.41, 5.74) is 4.24. The van der Waals surface area contributed by atoms with E-state index in [0.29, 0.717) is 17.7 Å². The molecule has 0 aliphatic rings. The minimum absolute atomic E-state index is 0.199. The number of carbonyl (C=O) groups is 1. The van der Waals surface area contributed by atoms with E-state index in [1.54, 1.807) is 13.0 Å². The summed E-state index contributed by atoms with van der Waals surface area (Å²) in [4.78, 5) is 11.3. The first-order valence-electron chi connectivity index (χ1n) is 9.93. The van der Waals surface area contributed by atoms with Crippen molar-refractivity contribution in [2.45, 2.75) is 66.7 Å². The Morgan fingerprint density at radius 2 is 1.86 bits per heavy atom. The number of aryl methyl sites for hydroxylation is 1. The van der Waals surface area contributed by atoms with Crippen molar-refractivity contribution in [1.82, 2.24) is 0 Å². The second-order valence-electron chi connectivity index (χ2n) is 7.01. The monoisotopic (exact) mass is 390 g/mol. The van der Waals surface area contributed by atoms with Gasteiger partial charge in [-0.2, -0.15) is 0 Å². The third-order valence-electron chi connectivity index (χ3n) is 4.18. The Bertz CT molecular complexity index is 684. The average molecular weight is 391 g/mol. The number of phenolic OH excluding ortho intramolecular Hbond substituents is 1. The fraction of sp³-hybridized carbons (Fsp3) is 0.522. The molecule has 0 fully saturated rings. The Hall–Kier alpha value is -2.43. The second kappa shape index (κ2) is 12.9. The van der Waals surface area contributed by atoms with E-state index in [1.807, 2.05) is 6.07 Å². The normalized spacial score (nSPS) is 11.1. The lowest BCUT2D eigenvalue weighted by atomic mass is 10.0. The van der Waals surface area contributed by atoms with Crippen molar-refractivity contribution >= 4 is 6.16 Å². The Balaban J connectivity index is 2.89. The Labute approximate surface area is 169 Å². The zero-order valence-corrected chi connectivity index (χ0v) is 17.8. The minimum Gasteiger partial charge on any atom is -0.508 e. The fourth-order valence-electron chi connectivity index (χ4n) is 2.72. The standard InChI is InChI=1S/C23H34O5/c1-6-9-19-14-21(24)20(13-12-18(5)11-8-10-17(3)4)22(15-19)27-16-28-23(25)26-7-2/h10,12,14-15,24H,6-9,11,13,16H2,1-5H3/b18-12+. The summed E-state index contributed by atoms with van der Waals surface area (Å²) < 4.78 is 15.3. The van der Waals surface area contributed by atoms with Crippen molar-refractivity contribution < 1.29 is 24.1 Å². The van der Waals surface area contributed by atoms with Gasteiger partial charge in [0.2, 0.25) is 6.79 Å². The predicted octanol–water partition coefficient (Wildman–Crippen LogP) is 6.09. The molecule has 5 heteroatoms. The highest BCUT2D eigenvalue weighted by Gasteiger charge is 2.12. The number of rotatable bonds is 11. The van der Waals surface area contributed by atoms with E-state index in [-0.39, 0.29) is 19.1 Å². The van der Waals surface area contributed by atoms with Gasteiger partial charge in [-0.15, -0.1) is 0 Å². The molecular formula is C23H34O5. The summed E-state index contributed by atoms with van der Waals surface area (Å²) >= 11 is 0. The molecule has 1 aromatic carbocycles. The molecule has 1 rings (SSSR count). The van der Waals surface area contributed by atoms with Crippen LogP contribution < -0.4 is 4.74 Å². The molecule has 1 aromatic rings. The van der Waals surface area contributed by atoms with Gasteiger partial charge < -0.3 is 19.3 Å². The number of ether oxygens (including phenoxy) is 3. The van der Waals surface area contributed by atoms with E-state index >= 15 is 0 Å². The van der Waals surface area contributed by atoms with E-state index in [4.69, 9.17) is 14.2 Å². The Morgan fingerprint density at radius 3 is 2.50 bits per heavy atom. The smallest absolute Gasteiger partial charge is 0.508 e. The van der Waals surface area contributed by atoms with Gasteiger partial charge >= 0.3 is 6.16 Å². The van der Waals surface area contributed by atoms with Crippen molar-refractivity contribution in [3.05, 3.63) is 46.6 Å². The maximum atomic E-state index is 11.3. The minimum atomic E-state index is -0.770. The third-order valence-corrected chi connectivity index (χ3v) is 4.18. The average Bonchev–Trinajstić information content (AvgIpc) is 2.61. The van der Waals surface area contributed by atoms with E-state index in [2.05, 4.69) is 39.8 Å². The molecule has 0 saturated heterocycles. The van der Waals surface area contributed by atoms with Gasteiger partial charge in [-0.05, 0) is 71.1 Å². The molecule has 0 unspecified atom stereocenters. The molecule has 0 aromatic heterocycles. The van der Waals surface area contributed by atoms with Crippen LogP contribution in [-0.4, -0.2) is 24.7 Å². The highest BCUT2D eigenvalue weighted by molar-refractivity contribution is 5.59. The van der Waals surface area contributed by atoms with Gasteiger partial charge in [0.25, 0.3) is 0 Å². The molecule has 0 amide bonds. The van der Waals surface area contributed by atoms with Gasteiger partial charge in [-0.25, -0.2) is 4.79 Å². The molecule has 156 valence electrons. The third kappa shape index (κ3) is 8.98. The molecule has 0 radical (unpaired) electrons. The van der Waals surface area contributed by atoms with Gasteiger partial charge in [0.1, 0.15) is 11.5 Å².